The van der Waals surface area contributed by atoms with Gasteiger partial charge in [0, 0.05) is 6.61 Å². The van der Waals surface area contributed by atoms with Crippen LogP contribution in [-0.2, 0) is 0 Å². The average Bonchev–Trinajstić information content (AvgIpc) is 2.70. The van der Waals surface area contributed by atoms with Gasteiger partial charge < -0.3 is 10.2 Å². The van der Waals surface area contributed by atoms with Gasteiger partial charge in [0.05, 0.1) is 6.10 Å². The van der Waals surface area contributed by atoms with Gasteiger partial charge in [0.1, 0.15) is 0 Å². The minimum absolute atomic E-state index is 0.0594. The summed E-state index contributed by atoms with van der Waals surface area (Å²) in [5.41, 5.74) is 0. The second-order valence-corrected chi connectivity index (χ2v) is 4.40. The highest BCUT2D eigenvalue weighted by atomic mass is 16.3. The molecule has 0 radical (unpaired) electrons. The number of aliphatic hydroxyl groups is 2. The van der Waals surface area contributed by atoms with Crippen molar-refractivity contribution in [2.75, 3.05) is 6.61 Å². The predicted octanol–water partition coefficient (Wildman–Crippen LogP) is 0.242. The lowest BCUT2D eigenvalue weighted by Gasteiger charge is -2.31. The third kappa shape index (κ3) is 0.574. The van der Waals surface area contributed by atoms with Crippen LogP contribution in [0.25, 0.3) is 0 Å². The van der Waals surface area contributed by atoms with Crippen LogP contribution in [-0.4, -0.2) is 22.9 Å². The Hall–Kier alpha value is -0.0800. The maximum Gasteiger partial charge on any atom is 0.0605 e. The van der Waals surface area contributed by atoms with E-state index in [0.29, 0.717) is 30.3 Å². The molecule has 4 saturated carbocycles. The van der Waals surface area contributed by atoms with Crippen molar-refractivity contribution in [2.24, 2.45) is 29.6 Å². The predicted molar refractivity (Wildman–Crippen MR) is 39.8 cm³/mol. The van der Waals surface area contributed by atoms with Crippen LogP contribution in [0.3, 0.4) is 0 Å². The van der Waals surface area contributed by atoms with Crippen LogP contribution in [0.2, 0.25) is 0 Å². The Morgan fingerprint density at radius 2 is 1.82 bits per heavy atom. The van der Waals surface area contributed by atoms with Crippen molar-refractivity contribution in [3.8, 4) is 0 Å². The van der Waals surface area contributed by atoms with E-state index in [2.05, 4.69) is 0 Å². The molecule has 0 heterocycles. The minimum Gasteiger partial charge on any atom is -0.396 e. The summed E-state index contributed by atoms with van der Waals surface area (Å²) in [6.45, 7) is 0.305. The van der Waals surface area contributed by atoms with E-state index in [1.54, 1.807) is 0 Å². The van der Waals surface area contributed by atoms with Gasteiger partial charge in [-0.1, -0.05) is 0 Å². The molecule has 0 spiro atoms. The molecule has 0 amide bonds. The van der Waals surface area contributed by atoms with Gasteiger partial charge in [-0.2, -0.15) is 0 Å². The largest absolute Gasteiger partial charge is 0.396 e. The standard InChI is InChI=1S/C9H14O2/c10-3-6-4-1-2-5-7(6)8(5)9(4)11/h4-11H,1-3H2. The number of fused-ring (bicyclic) bond motifs is 1. The second kappa shape index (κ2) is 1.80. The lowest BCUT2D eigenvalue weighted by atomic mass is 9.77. The zero-order valence-electron chi connectivity index (χ0n) is 6.48. The zero-order chi connectivity index (χ0) is 7.59. The van der Waals surface area contributed by atoms with Gasteiger partial charge in [-0.15, -0.1) is 0 Å². The Morgan fingerprint density at radius 1 is 1.09 bits per heavy atom. The Morgan fingerprint density at radius 3 is 2.18 bits per heavy atom. The first-order valence-electron chi connectivity index (χ1n) is 4.63. The summed E-state index contributed by atoms with van der Waals surface area (Å²) in [7, 11) is 0. The van der Waals surface area contributed by atoms with Crippen LogP contribution in [0.4, 0.5) is 0 Å². The molecule has 6 unspecified atom stereocenters. The monoisotopic (exact) mass is 154 g/mol. The molecule has 0 aromatic rings. The molecule has 0 saturated heterocycles. The highest BCUT2D eigenvalue weighted by Crippen LogP contribution is 2.69. The fraction of sp³-hybridized carbons (Fsp3) is 1.00. The second-order valence-electron chi connectivity index (χ2n) is 4.40. The number of hydrogen-bond acceptors (Lipinski definition) is 2. The van der Waals surface area contributed by atoms with Crippen LogP contribution in [0, 0.1) is 29.6 Å². The van der Waals surface area contributed by atoms with E-state index in [9.17, 15) is 5.11 Å². The van der Waals surface area contributed by atoms with Gasteiger partial charge in [0.25, 0.3) is 0 Å². The van der Waals surface area contributed by atoms with E-state index in [1.807, 2.05) is 0 Å². The van der Waals surface area contributed by atoms with Crippen molar-refractivity contribution in [3.05, 3.63) is 0 Å². The fourth-order valence-electron chi connectivity index (χ4n) is 3.75. The lowest BCUT2D eigenvalue weighted by Crippen LogP contribution is -2.32. The molecule has 4 bridgehead atoms. The topological polar surface area (TPSA) is 40.5 Å². The van der Waals surface area contributed by atoms with Crippen molar-refractivity contribution in [1.82, 2.24) is 0 Å². The third-order valence-electron chi connectivity index (χ3n) is 4.21. The highest BCUT2D eigenvalue weighted by molar-refractivity contribution is 5.16. The number of aliphatic hydroxyl groups excluding tert-OH is 2. The van der Waals surface area contributed by atoms with Crippen molar-refractivity contribution in [3.63, 3.8) is 0 Å². The molecule has 11 heavy (non-hydrogen) atoms. The molecule has 4 fully saturated rings. The number of rotatable bonds is 1. The van der Waals surface area contributed by atoms with Crippen molar-refractivity contribution in [1.29, 1.82) is 0 Å². The summed E-state index contributed by atoms with van der Waals surface area (Å²) in [4.78, 5) is 0. The molecule has 2 N–H and O–H groups in total. The zero-order valence-corrected chi connectivity index (χ0v) is 6.48. The summed E-state index contributed by atoms with van der Waals surface area (Å²) in [5.74, 6) is 2.97. The first-order valence-corrected chi connectivity index (χ1v) is 4.63. The van der Waals surface area contributed by atoms with Crippen LogP contribution in [0.5, 0.6) is 0 Å². The molecular formula is C9H14O2. The van der Waals surface area contributed by atoms with E-state index >= 15 is 0 Å². The molecule has 62 valence electrons. The Labute approximate surface area is 66.2 Å². The van der Waals surface area contributed by atoms with E-state index in [-0.39, 0.29) is 6.10 Å². The van der Waals surface area contributed by atoms with E-state index < -0.39 is 0 Å². The molecule has 4 aliphatic carbocycles. The van der Waals surface area contributed by atoms with Crippen LogP contribution < -0.4 is 0 Å². The van der Waals surface area contributed by atoms with Gasteiger partial charge in [-0.25, -0.2) is 0 Å². The summed E-state index contributed by atoms with van der Waals surface area (Å²) in [6.07, 6.45) is 2.41. The molecule has 6 atom stereocenters. The van der Waals surface area contributed by atoms with Gasteiger partial charge >= 0.3 is 0 Å². The maximum atomic E-state index is 9.72. The lowest BCUT2D eigenvalue weighted by molar-refractivity contribution is 0.0268. The van der Waals surface area contributed by atoms with E-state index in [4.69, 9.17) is 5.11 Å². The summed E-state index contributed by atoms with van der Waals surface area (Å²) in [6, 6.07) is 0. The highest BCUT2D eigenvalue weighted by Gasteiger charge is 2.68. The summed E-state index contributed by atoms with van der Waals surface area (Å²) >= 11 is 0. The minimum atomic E-state index is -0.0594. The molecule has 4 rings (SSSR count). The van der Waals surface area contributed by atoms with E-state index in [0.717, 1.165) is 12.3 Å². The molecular weight excluding hydrogens is 140 g/mol. The Bertz CT molecular complexity index is 192. The van der Waals surface area contributed by atoms with Crippen LogP contribution >= 0.6 is 0 Å². The third-order valence-corrected chi connectivity index (χ3v) is 4.21. The fourth-order valence-corrected chi connectivity index (χ4v) is 3.75. The SMILES string of the molecule is OCC1C2CCC3C(C2O)C13. The van der Waals surface area contributed by atoms with Gasteiger partial charge in [-0.3, -0.25) is 0 Å². The van der Waals surface area contributed by atoms with Crippen molar-refractivity contribution >= 4 is 0 Å². The normalized spacial score (nSPS) is 64.9. The Kier molecular flexibility index (Phi) is 1.06. The molecule has 2 nitrogen and oxygen atoms in total. The quantitative estimate of drug-likeness (QED) is 0.568. The van der Waals surface area contributed by atoms with Crippen LogP contribution in [0.15, 0.2) is 0 Å². The average molecular weight is 154 g/mol. The Balaban J connectivity index is 1.92. The first-order chi connectivity index (χ1) is 5.34. The molecule has 0 aliphatic heterocycles. The van der Waals surface area contributed by atoms with Crippen molar-refractivity contribution < 1.29 is 10.2 Å². The molecule has 4 aliphatic rings. The van der Waals surface area contributed by atoms with E-state index in [1.165, 1.54) is 6.42 Å². The molecule has 0 aromatic carbocycles. The molecule has 2 heteroatoms. The number of hydrogen-bond donors (Lipinski definition) is 2. The smallest absolute Gasteiger partial charge is 0.0605 e. The first kappa shape index (κ1) is 6.44. The van der Waals surface area contributed by atoms with Gasteiger partial charge in [0.2, 0.25) is 0 Å². The van der Waals surface area contributed by atoms with Crippen LogP contribution in [0.1, 0.15) is 12.8 Å². The van der Waals surface area contributed by atoms with Gasteiger partial charge in [-0.05, 0) is 42.4 Å². The summed E-state index contributed by atoms with van der Waals surface area (Å²) in [5, 5.41) is 18.8. The van der Waals surface area contributed by atoms with Crippen molar-refractivity contribution in [2.45, 2.75) is 18.9 Å². The maximum absolute atomic E-state index is 9.72. The summed E-state index contributed by atoms with van der Waals surface area (Å²) < 4.78 is 0. The molecule has 0 aromatic heterocycles. The van der Waals surface area contributed by atoms with Gasteiger partial charge in [0.15, 0.2) is 0 Å².